The lowest BCUT2D eigenvalue weighted by atomic mass is 9.94. The van der Waals surface area contributed by atoms with E-state index in [4.69, 9.17) is 0 Å². The zero-order chi connectivity index (χ0) is 14.2. The Morgan fingerprint density at radius 1 is 0.952 bits per heavy atom. The fourth-order valence-electron chi connectivity index (χ4n) is 3.20. The molecule has 2 aromatic carbocycles. The molecule has 106 valence electrons. The van der Waals surface area contributed by atoms with E-state index in [1.807, 2.05) is 11.3 Å². The molecule has 1 fully saturated rings. The maximum Gasteiger partial charge on any atom is 0.133 e. The molecule has 1 aliphatic rings. The molecule has 0 radical (unpaired) electrons. The third-order valence-corrected chi connectivity index (χ3v) is 5.44. The molecule has 0 aliphatic heterocycles. The highest BCUT2D eigenvalue weighted by atomic mass is 32.1. The fraction of sp³-hybridized carbons (Fsp3) is 0.278. The Balaban J connectivity index is 1.76. The zero-order valence-corrected chi connectivity index (χ0v) is 12.6. The van der Waals surface area contributed by atoms with Crippen LogP contribution in [0.2, 0.25) is 0 Å². The Morgan fingerprint density at radius 2 is 1.71 bits per heavy atom. The van der Waals surface area contributed by atoms with Gasteiger partial charge in [0.25, 0.3) is 0 Å². The van der Waals surface area contributed by atoms with Crippen LogP contribution in [-0.4, -0.2) is 11.8 Å². The molecule has 1 saturated carbocycles. The van der Waals surface area contributed by atoms with Gasteiger partial charge in [-0.2, -0.15) is 0 Å². The van der Waals surface area contributed by atoms with Gasteiger partial charge in [-0.25, -0.2) is 0 Å². The number of carbonyl (C=O) groups excluding carboxylic acids is 1. The van der Waals surface area contributed by atoms with Crippen LogP contribution in [0.15, 0.2) is 42.5 Å². The summed E-state index contributed by atoms with van der Waals surface area (Å²) < 4.78 is 2.66. The molecule has 1 heterocycles. The Morgan fingerprint density at radius 3 is 2.57 bits per heavy atom. The molecule has 1 aliphatic carbocycles. The molecule has 4 rings (SSSR count). The van der Waals surface area contributed by atoms with Crippen LogP contribution in [0.4, 0.5) is 5.69 Å². The van der Waals surface area contributed by atoms with Crippen molar-refractivity contribution in [2.75, 3.05) is 5.32 Å². The van der Waals surface area contributed by atoms with Crippen molar-refractivity contribution in [1.29, 1.82) is 0 Å². The van der Waals surface area contributed by atoms with Crippen LogP contribution >= 0.6 is 11.3 Å². The van der Waals surface area contributed by atoms with Crippen molar-refractivity contribution < 1.29 is 4.79 Å². The van der Waals surface area contributed by atoms with Gasteiger partial charge in [0, 0.05) is 44.7 Å². The van der Waals surface area contributed by atoms with E-state index in [2.05, 4.69) is 47.8 Å². The quantitative estimate of drug-likeness (QED) is 0.722. The van der Waals surface area contributed by atoms with E-state index >= 15 is 0 Å². The summed E-state index contributed by atoms with van der Waals surface area (Å²) in [6, 6.07) is 15.5. The van der Waals surface area contributed by atoms with Crippen molar-refractivity contribution >= 4 is 43.0 Å². The molecule has 0 atom stereocenters. The van der Waals surface area contributed by atoms with Crippen molar-refractivity contribution in [3.8, 4) is 0 Å². The first-order valence-electron chi connectivity index (χ1n) is 7.50. The Hall–Kier alpha value is -1.87. The number of anilines is 1. The van der Waals surface area contributed by atoms with E-state index in [0.29, 0.717) is 11.8 Å². The van der Waals surface area contributed by atoms with Gasteiger partial charge in [-0.05, 0) is 31.0 Å². The topological polar surface area (TPSA) is 29.1 Å². The summed E-state index contributed by atoms with van der Waals surface area (Å²) in [5.41, 5.74) is 1.21. The number of ketones is 1. The van der Waals surface area contributed by atoms with Gasteiger partial charge < -0.3 is 5.32 Å². The zero-order valence-electron chi connectivity index (χ0n) is 11.8. The SMILES string of the molecule is O=C1CCC(Nc2cccc3sc4ccccc4c23)CC1. The standard InChI is InChI=1S/C18H17NOS/c20-13-10-8-12(9-11-13)19-15-5-3-7-17-18(15)14-4-1-2-6-16(14)21-17/h1-7,12,19H,8-11H2. The lowest BCUT2D eigenvalue weighted by Crippen LogP contribution is -2.26. The molecule has 0 bridgehead atoms. The minimum atomic E-state index is 0.409. The number of fused-ring (bicyclic) bond motifs is 3. The molecule has 0 saturated heterocycles. The van der Waals surface area contributed by atoms with Crippen LogP contribution in [0, 0.1) is 0 Å². The molecular formula is C18H17NOS. The highest BCUT2D eigenvalue weighted by Crippen LogP contribution is 2.38. The largest absolute Gasteiger partial charge is 0.382 e. The van der Waals surface area contributed by atoms with Crippen molar-refractivity contribution in [3.63, 3.8) is 0 Å². The molecule has 0 amide bonds. The van der Waals surface area contributed by atoms with E-state index in [1.165, 1.54) is 25.9 Å². The Kier molecular flexibility index (Phi) is 3.15. The van der Waals surface area contributed by atoms with E-state index in [0.717, 1.165) is 25.7 Å². The van der Waals surface area contributed by atoms with Crippen LogP contribution in [0.5, 0.6) is 0 Å². The molecule has 21 heavy (non-hydrogen) atoms. The second kappa shape index (κ2) is 5.15. The fourth-order valence-corrected chi connectivity index (χ4v) is 4.33. The average Bonchev–Trinajstić information content (AvgIpc) is 2.89. The third kappa shape index (κ3) is 2.32. The van der Waals surface area contributed by atoms with Crippen molar-refractivity contribution in [2.24, 2.45) is 0 Å². The van der Waals surface area contributed by atoms with Gasteiger partial charge in [-0.15, -0.1) is 11.3 Å². The highest BCUT2D eigenvalue weighted by Gasteiger charge is 2.19. The monoisotopic (exact) mass is 295 g/mol. The summed E-state index contributed by atoms with van der Waals surface area (Å²) in [6.07, 6.45) is 3.35. The van der Waals surface area contributed by atoms with Gasteiger partial charge >= 0.3 is 0 Å². The normalized spacial score (nSPS) is 16.7. The molecule has 0 unspecified atom stereocenters. The van der Waals surface area contributed by atoms with Crippen molar-refractivity contribution in [2.45, 2.75) is 31.7 Å². The molecule has 2 nitrogen and oxygen atoms in total. The van der Waals surface area contributed by atoms with E-state index < -0.39 is 0 Å². The average molecular weight is 295 g/mol. The van der Waals surface area contributed by atoms with Gasteiger partial charge in [-0.3, -0.25) is 4.79 Å². The predicted octanol–water partition coefficient (Wildman–Crippen LogP) is 4.98. The number of nitrogens with one attached hydrogen (secondary N) is 1. The van der Waals surface area contributed by atoms with Crippen LogP contribution in [0.25, 0.3) is 20.2 Å². The molecule has 1 aromatic heterocycles. The predicted molar refractivity (Wildman–Crippen MR) is 90.2 cm³/mol. The molecule has 1 N–H and O–H groups in total. The number of benzene rings is 2. The Bertz CT molecular complexity index is 810. The van der Waals surface area contributed by atoms with Crippen molar-refractivity contribution in [1.82, 2.24) is 0 Å². The van der Waals surface area contributed by atoms with Gasteiger partial charge in [0.15, 0.2) is 0 Å². The minimum Gasteiger partial charge on any atom is -0.382 e. The van der Waals surface area contributed by atoms with Gasteiger partial charge in [-0.1, -0.05) is 24.3 Å². The van der Waals surface area contributed by atoms with Gasteiger partial charge in [0.1, 0.15) is 5.78 Å². The summed E-state index contributed by atoms with van der Waals surface area (Å²) >= 11 is 1.84. The molecule has 3 aromatic rings. The summed E-state index contributed by atoms with van der Waals surface area (Å²) in [6.45, 7) is 0. The molecule has 0 spiro atoms. The van der Waals surface area contributed by atoms with Crippen LogP contribution in [0.1, 0.15) is 25.7 Å². The third-order valence-electron chi connectivity index (χ3n) is 4.31. The Labute approximate surface area is 127 Å². The molecule has 3 heteroatoms. The summed E-state index contributed by atoms with van der Waals surface area (Å²) in [5.74, 6) is 0.409. The maximum absolute atomic E-state index is 11.4. The van der Waals surface area contributed by atoms with Crippen LogP contribution in [0.3, 0.4) is 0 Å². The van der Waals surface area contributed by atoms with Gasteiger partial charge in [0.2, 0.25) is 0 Å². The number of rotatable bonds is 2. The summed E-state index contributed by atoms with van der Waals surface area (Å²) in [7, 11) is 0. The van der Waals surface area contributed by atoms with E-state index in [9.17, 15) is 4.79 Å². The number of hydrogen-bond donors (Lipinski definition) is 1. The van der Waals surface area contributed by atoms with Crippen LogP contribution in [-0.2, 0) is 4.79 Å². The van der Waals surface area contributed by atoms with Crippen molar-refractivity contribution in [3.05, 3.63) is 42.5 Å². The number of carbonyl (C=O) groups is 1. The first-order valence-corrected chi connectivity index (χ1v) is 8.31. The summed E-state index contributed by atoms with van der Waals surface area (Å²) in [5, 5.41) is 6.33. The first kappa shape index (κ1) is 12.8. The lowest BCUT2D eigenvalue weighted by Gasteiger charge is -2.23. The number of thiophene rings is 1. The molecular weight excluding hydrogens is 278 g/mol. The highest BCUT2D eigenvalue weighted by molar-refractivity contribution is 7.25. The smallest absolute Gasteiger partial charge is 0.133 e. The van der Waals surface area contributed by atoms with E-state index in [-0.39, 0.29) is 0 Å². The van der Waals surface area contributed by atoms with Crippen LogP contribution < -0.4 is 5.32 Å². The second-order valence-electron chi connectivity index (χ2n) is 5.73. The number of Topliss-reactive ketones (excluding diaryl/α,β-unsaturated/α-hetero) is 1. The summed E-state index contributed by atoms with van der Waals surface area (Å²) in [4.78, 5) is 11.4. The second-order valence-corrected chi connectivity index (χ2v) is 6.82. The minimum absolute atomic E-state index is 0.409. The maximum atomic E-state index is 11.4. The number of hydrogen-bond acceptors (Lipinski definition) is 3. The first-order chi connectivity index (χ1) is 10.3. The van der Waals surface area contributed by atoms with E-state index in [1.54, 1.807) is 0 Å². The lowest BCUT2D eigenvalue weighted by molar-refractivity contribution is -0.120. The van der Waals surface area contributed by atoms with Gasteiger partial charge in [0.05, 0.1) is 0 Å².